The van der Waals surface area contributed by atoms with Crippen molar-refractivity contribution in [2.75, 3.05) is 27.9 Å². The van der Waals surface area contributed by atoms with Crippen LogP contribution < -0.4 is 25.7 Å². The molecule has 5 nitrogen and oxygen atoms in total. The summed E-state index contributed by atoms with van der Waals surface area (Å²) in [4.78, 5) is 0. The summed E-state index contributed by atoms with van der Waals surface area (Å²) in [6, 6.07) is 3.61. The molecule has 0 saturated heterocycles. The van der Waals surface area contributed by atoms with Gasteiger partial charge in [0, 0.05) is 11.6 Å². The van der Waals surface area contributed by atoms with Crippen molar-refractivity contribution in [3.05, 3.63) is 17.7 Å². The second-order valence-corrected chi connectivity index (χ2v) is 3.96. The highest BCUT2D eigenvalue weighted by molar-refractivity contribution is 5.85. The van der Waals surface area contributed by atoms with Gasteiger partial charge in [0.2, 0.25) is 5.75 Å². The Hall–Kier alpha value is -1.17. The quantitative estimate of drug-likeness (QED) is 0.801. The largest absolute Gasteiger partial charge is 0.493 e. The Morgan fingerprint density at radius 3 is 2.16 bits per heavy atom. The molecule has 0 amide bonds. The minimum atomic E-state index is -0.122. The monoisotopic (exact) mass is 290 g/mol. The number of ether oxygens (including phenoxy) is 3. The highest BCUT2D eigenvalue weighted by Crippen LogP contribution is 2.42. The van der Waals surface area contributed by atoms with Crippen LogP contribution in [0.4, 0.5) is 0 Å². The van der Waals surface area contributed by atoms with E-state index in [-0.39, 0.29) is 18.4 Å². The zero-order valence-corrected chi connectivity index (χ0v) is 12.5. The van der Waals surface area contributed by atoms with Crippen molar-refractivity contribution in [3.8, 4) is 17.2 Å². The summed E-state index contributed by atoms with van der Waals surface area (Å²) in [7, 11) is 4.76. The molecule has 4 N–H and O–H groups in total. The number of rotatable bonds is 7. The maximum Gasteiger partial charge on any atom is 0.203 e. The second-order valence-electron chi connectivity index (χ2n) is 3.96. The van der Waals surface area contributed by atoms with Crippen LogP contribution in [0.15, 0.2) is 12.1 Å². The molecule has 0 heterocycles. The molecule has 0 aliphatic rings. The number of nitrogens with two attached hydrogens (primary N) is 2. The Morgan fingerprint density at radius 2 is 1.68 bits per heavy atom. The Morgan fingerprint density at radius 1 is 1.05 bits per heavy atom. The van der Waals surface area contributed by atoms with Gasteiger partial charge in [-0.25, -0.2) is 0 Å². The van der Waals surface area contributed by atoms with Gasteiger partial charge in [0.05, 0.1) is 21.3 Å². The van der Waals surface area contributed by atoms with Crippen LogP contribution in [0.5, 0.6) is 17.2 Å². The lowest BCUT2D eigenvalue weighted by atomic mass is 10.0. The van der Waals surface area contributed by atoms with E-state index < -0.39 is 0 Å². The molecule has 1 rings (SSSR count). The average Bonchev–Trinajstić information content (AvgIpc) is 2.42. The summed E-state index contributed by atoms with van der Waals surface area (Å²) in [6.45, 7) is 0.628. The maximum absolute atomic E-state index is 6.14. The zero-order chi connectivity index (χ0) is 13.5. The third-order valence-corrected chi connectivity index (χ3v) is 2.85. The molecule has 1 aromatic rings. The van der Waals surface area contributed by atoms with E-state index in [2.05, 4.69) is 0 Å². The predicted molar refractivity (Wildman–Crippen MR) is 78.6 cm³/mol. The molecule has 110 valence electrons. The number of halogens is 1. The van der Waals surface area contributed by atoms with Crippen molar-refractivity contribution in [2.45, 2.75) is 18.9 Å². The van der Waals surface area contributed by atoms with E-state index in [1.54, 1.807) is 21.3 Å². The average molecular weight is 291 g/mol. The van der Waals surface area contributed by atoms with Crippen molar-refractivity contribution >= 4 is 12.4 Å². The molecule has 0 bridgehead atoms. The number of benzene rings is 1. The molecule has 0 aliphatic carbocycles. The van der Waals surface area contributed by atoms with Crippen LogP contribution in [0.3, 0.4) is 0 Å². The van der Waals surface area contributed by atoms with Gasteiger partial charge in [-0.1, -0.05) is 0 Å². The Bertz CT molecular complexity index is 388. The topological polar surface area (TPSA) is 79.7 Å². The minimum absolute atomic E-state index is 0. The van der Waals surface area contributed by atoms with Crippen LogP contribution in [0.2, 0.25) is 0 Å². The van der Waals surface area contributed by atoms with Crippen molar-refractivity contribution < 1.29 is 14.2 Å². The highest BCUT2D eigenvalue weighted by atomic mass is 35.5. The maximum atomic E-state index is 6.14. The summed E-state index contributed by atoms with van der Waals surface area (Å²) >= 11 is 0. The van der Waals surface area contributed by atoms with E-state index in [4.69, 9.17) is 25.7 Å². The fourth-order valence-corrected chi connectivity index (χ4v) is 1.91. The van der Waals surface area contributed by atoms with Gasteiger partial charge in [-0.05, 0) is 31.5 Å². The van der Waals surface area contributed by atoms with Gasteiger partial charge < -0.3 is 25.7 Å². The molecule has 0 fully saturated rings. The molecule has 1 atom stereocenters. The SMILES string of the molecule is COc1ccc([C@H](N)CCCN)c(OC)c1OC.Cl. The lowest BCUT2D eigenvalue weighted by Crippen LogP contribution is -2.14. The van der Waals surface area contributed by atoms with Gasteiger partial charge in [0.25, 0.3) is 0 Å². The van der Waals surface area contributed by atoms with E-state index in [0.717, 1.165) is 18.4 Å². The van der Waals surface area contributed by atoms with Crippen LogP contribution in [0, 0.1) is 0 Å². The predicted octanol–water partition coefficient (Wildman–Crippen LogP) is 1.87. The first-order chi connectivity index (χ1) is 8.69. The van der Waals surface area contributed by atoms with Crippen LogP contribution in [0.1, 0.15) is 24.4 Å². The summed E-state index contributed by atoms with van der Waals surface area (Å²) in [6.07, 6.45) is 1.68. The van der Waals surface area contributed by atoms with Crippen molar-refractivity contribution in [2.24, 2.45) is 11.5 Å². The lowest BCUT2D eigenvalue weighted by Gasteiger charge is -2.19. The van der Waals surface area contributed by atoms with Crippen molar-refractivity contribution in [1.82, 2.24) is 0 Å². The summed E-state index contributed by atoms with van der Waals surface area (Å²) in [5.74, 6) is 1.83. The third kappa shape index (κ3) is 4.16. The first-order valence-corrected chi connectivity index (χ1v) is 5.94. The number of hydrogen-bond donors (Lipinski definition) is 2. The molecule has 1 aromatic carbocycles. The molecule has 0 aromatic heterocycles. The third-order valence-electron chi connectivity index (χ3n) is 2.85. The van der Waals surface area contributed by atoms with Crippen LogP contribution in [0.25, 0.3) is 0 Å². The minimum Gasteiger partial charge on any atom is -0.493 e. The Labute approximate surface area is 120 Å². The second kappa shape index (κ2) is 8.85. The first kappa shape index (κ1) is 17.8. The van der Waals surface area contributed by atoms with Crippen LogP contribution in [-0.2, 0) is 0 Å². The van der Waals surface area contributed by atoms with Gasteiger partial charge in [-0.3, -0.25) is 0 Å². The number of hydrogen-bond acceptors (Lipinski definition) is 5. The fourth-order valence-electron chi connectivity index (χ4n) is 1.91. The van der Waals surface area contributed by atoms with E-state index >= 15 is 0 Å². The van der Waals surface area contributed by atoms with E-state index in [9.17, 15) is 0 Å². The van der Waals surface area contributed by atoms with E-state index in [1.165, 1.54) is 0 Å². The standard InChI is InChI=1S/C13H22N2O3.ClH/c1-16-11-7-6-9(10(15)5-4-8-14)12(17-2)13(11)18-3;/h6-7,10H,4-5,8,14-15H2,1-3H3;1H/t10-;/m1./s1. The van der Waals surface area contributed by atoms with Gasteiger partial charge >= 0.3 is 0 Å². The first-order valence-electron chi connectivity index (χ1n) is 5.94. The molecular formula is C13H23ClN2O3. The molecule has 0 spiro atoms. The molecule has 0 aliphatic heterocycles. The van der Waals surface area contributed by atoms with Crippen LogP contribution >= 0.6 is 12.4 Å². The zero-order valence-electron chi connectivity index (χ0n) is 11.6. The molecular weight excluding hydrogens is 268 g/mol. The molecule has 0 saturated carbocycles. The Balaban J connectivity index is 0.00000324. The molecule has 19 heavy (non-hydrogen) atoms. The van der Waals surface area contributed by atoms with Crippen molar-refractivity contribution in [1.29, 1.82) is 0 Å². The summed E-state index contributed by atoms with van der Waals surface area (Å²) in [5.41, 5.74) is 12.5. The molecule has 0 radical (unpaired) electrons. The fraction of sp³-hybridized carbons (Fsp3) is 0.538. The summed E-state index contributed by atoms with van der Waals surface area (Å²) in [5, 5.41) is 0. The normalized spacial score (nSPS) is 11.4. The molecule has 6 heteroatoms. The van der Waals surface area contributed by atoms with Gasteiger partial charge in [-0.15, -0.1) is 12.4 Å². The smallest absolute Gasteiger partial charge is 0.203 e. The molecule has 0 unspecified atom stereocenters. The van der Waals surface area contributed by atoms with Crippen LogP contribution in [-0.4, -0.2) is 27.9 Å². The lowest BCUT2D eigenvalue weighted by molar-refractivity contribution is 0.320. The Kier molecular flexibility index (Phi) is 8.30. The van der Waals surface area contributed by atoms with E-state index in [1.807, 2.05) is 12.1 Å². The highest BCUT2D eigenvalue weighted by Gasteiger charge is 2.19. The van der Waals surface area contributed by atoms with Gasteiger partial charge in [-0.2, -0.15) is 0 Å². The number of methoxy groups -OCH3 is 3. The van der Waals surface area contributed by atoms with E-state index in [0.29, 0.717) is 23.8 Å². The van der Waals surface area contributed by atoms with Gasteiger partial charge in [0.1, 0.15) is 0 Å². The van der Waals surface area contributed by atoms with Crippen molar-refractivity contribution in [3.63, 3.8) is 0 Å². The van der Waals surface area contributed by atoms with Gasteiger partial charge in [0.15, 0.2) is 11.5 Å². The summed E-state index contributed by atoms with van der Waals surface area (Å²) < 4.78 is 15.9.